The zero-order valence-electron chi connectivity index (χ0n) is 16.4. The second-order valence-electron chi connectivity index (χ2n) is 5.91. The average Bonchev–Trinajstić information content (AvgIpc) is 2.66. The molecule has 174 valence electrons. The van der Waals surface area contributed by atoms with Crippen molar-refractivity contribution in [3.63, 3.8) is 0 Å². The van der Waals surface area contributed by atoms with Gasteiger partial charge in [0.15, 0.2) is 0 Å². The van der Waals surface area contributed by atoms with E-state index in [1.54, 1.807) is 0 Å². The Morgan fingerprint density at radius 1 is 1.06 bits per heavy atom. The van der Waals surface area contributed by atoms with E-state index in [4.69, 9.17) is 31.4 Å². The van der Waals surface area contributed by atoms with Crippen LogP contribution in [0.4, 0.5) is 18.9 Å². The fourth-order valence-electron chi connectivity index (χ4n) is 2.03. The molecule has 0 aliphatic rings. The first-order chi connectivity index (χ1) is 14.4. The molecule has 0 bridgehead atoms. The van der Waals surface area contributed by atoms with Crippen LogP contribution in [0.1, 0.15) is 31.2 Å². The lowest BCUT2D eigenvalue weighted by Gasteiger charge is -2.11. The van der Waals surface area contributed by atoms with Gasteiger partial charge >= 0.3 is 24.1 Å². The normalized spacial score (nSPS) is 10.5. The van der Waals surface area contributed by atoms with Gasteiger partial charge in [-0.2, -0.15) is 13.2 Å². The van der Waals surface area contributed by atoms with E-state index in [1.165, 1.54) is 7.11 Å². The predicted octanol–water partition coefficient (Wildman–Crippen LogP) is 2.78. The molecule has 4 N–H and O–H groups in total. The second kappa shape index (κ2) is 14.2. The summed E-state index contributed by atoms with van der Waals surface area (Å²) in [5.41, 5.74) is -0.750. The number of rotatable bonds is 9. The molecule has 13 heteroatoms. The van der Waals surface area contributed by atoms with Crippen LogP contribution in [-0.4, -0.2) is 54.2 Å². The van der Waals surface area contributed by atoms with E-state index in [9.17, 15) is 22.8 Å². The van der Waals surface area contributed by atoms with Crippen LogP contribution in [0.15, 0.2) is 18.2 Å². The van der Waals surface area contributed by atoms with Crippen molar-refractivity contribution in [1.82, 2.24) is 5.32 Å². The van der Waals surface area contributed by atoms with Gasteiger partial charge in [0, 0.05) is 12.1 Å². The molecule has 0 unspecified atom stereocenters. The van der Waals surface area contributed by atoms with Crippen molar-refractivity contribution >= 4 is 41.1 Å². The van der Waals surface area contributed by atoms with Crippen LogP contribution in [0.25, 0.3) is 0 Å². The molecule has 0 spiro atoms. The molecule has 0 fully saturated rings. The first-order valence-corrected chi connectivity index (χ1v) is 9.16. The Hall–Kier alpha value is -2.86. The maximum Gasteiger partial charge on any atom is 0.417 e. The number of unbranched alkanes of at least 4 members (excludes halogenated alkanes) is 2. The van der Waals surface area contributed by atoms with Gasteiger partial charge in [0.25, 0.3) is 0 Å². The third-order valence-corrected chi connectivity index (χ3v) is 3.80. The summed E-state index contributed by atoms with van der Waals surface area (Å²) >= 11 is 5.59. The van der Waals surface area contributed by atoms with Crippen molar-refractivity contribution in [3.8, 4) is 0 Å². The summed E-state index contributed by atoms with van der Waals surface area (Å²) in [5, 5.41) is 19.7. The summed E-state index contributed by atoms with van der Waals surface area (Å²) in [4.78, 5) is 40.8. The Balaban J connectivity index is 0.00000131. The average molecular weight is 471 g/mol. The van der Waals surface area contributed by atoms with Gasteiger partial charge in [-0.05, 0) is 37.6 Å². The van der Waals surface area contributed by atoms with Gasteiger partial charge in [0.05, 0.1) is 24.2 Å². The van der Waals surface area contributed by atoms with Crippen molar-refractivity contribution in [3.05, 3.63) is 28.8 Å². The Morgan fingerprint density at radius 3 is 2.16 bits per heavy atom. The number of halogens is 4. The molecule has 1 rings (SSSR count). The number of aliphatic carboxylic acids is 2. The first-order valence-electron chi connectivity index (χ1n) is 8.78. The van der Waals surface area contributed by atoms with E-state index in [0.29, 0.717) is 19.4 Å². The Bertz CT molecular complexity index is 761. The lowest BCUT2D eigenvalue weighted by atomic mass is 10.2. The van der Waals surface area contributed by atoms with Crippen molar-refractivity contribution in [2.24, 2.45) is 0 Å². The smallest absolute Gasteiger partial charge is 0.417 e. The molecule has 1 aromatic rings. The minimum atomic E-state index is -4.53. The Labute approximate surface area is 180 Å². The van der Waals surface area contributed by atoms with Gasteiger partial charge in [0.2, 0.25) is 5.91 Å². The third kappa shape index (κ3) is 13.1. The topological polar surface area (TPSA) is 142 Å². The van der Waals surface area contributed by atoms with Crippen molar-refractivity contribution < 1.29 is 47.3 Å². The van der Waals surface area contributed by atoms with Crippen LogP contribution in [0, 0.1) is 0 Å². The fraction of sp³-hybridized carbons (Fsp3) is 0.444. The zero-order valence-corrected chi connectivity index (χ0v) is 17.2. The quantitative estimate of drug-likeness (QED) is 0.245. The molecule has 9 nitrogen and oxygen atoms in total. The number of carboxylic acid groups (broad SMARTS) is 2. The molecule has 0 radical (unpaired) electrons. The number of hydrogen-bond donors (Lipinski definition) is 4. The molecule has 1 amide bonds. The van der Waals surface area contributed by atoms with Gasteiger partial charge in [0.1, 0.15) is 0 Å². The van der Waals surface area contributed by atoms with E-state index in [2.05, 4.69) is 15.4 Å². The van der Waals surface area contributed by atoms with E-state index in [0.717, 1.165) is 31.0 Å². The van der Waals surface area contributed by atoms with Crippen LogP contribution in [-0.2, 0) is 30.1 Å². The summed E-state index contributed by atoms with van der Waals surface area (Å²) in [6.07, 6.45) is -1.85. The molecule has 0 atom stereocenters. The maximum atomic E-state index is 12.6. The SMILES string of the molecule is COC(=O)CCCCCNCC(=O)Nc1ccc(C(F)(F)F)c(Cl)c1.O=C(O)C(=O)O. The molecule has 0 aliphatic carbocycles. The minimum absolute atomic E-state index is 0.0235. The number of nitrogens with one attached hydrogen (secondary N) is 2. The Morgan fingerprint density at radius 2 is 1.68 bits per heavy atom. The number of methoxy groups -OCH3 is 1. The second-order valence-corrected chi connectivity index (χ2v) is 6.32. The largest absolute Gasteiger partial charge is 0.473 e. The van der Waals surface area contributed by atoms with Gasteiger partial charge in [-0.15, -0.1) is 0 Å². The van der Waals surface area contributed by atoms with Crippen LogP contribution in [0.3, 0.4) is 0 Å². The molecule has 0 aliphatic heterocycles. The Kier molecular flexibility index (Phi) is 12.9. The van der Waals surface area contributed by atoms with Crippen molar-refractivity contribution in [1.29, 1.82) is 0 Å². The number of ether oxygens (including phenoxy) is 1. The van der Waals surface area contributed by atoms with Gasteiger partial charge in [-0.25, -0.2) is 9.59 Å². The summed E-state index contributed by atoms with van der Waals surface area (Å²) in [5.74, 6) is -4.28. The minimum Gasteiger partial charge on any atom is -0.473 e. The third-order valence-electron chi connectivity index (χ3n) is 3.49. The van der Waals surface area contributed by atoms with E-state index in [-0.39, 0.29) is 24.1 Å². The zero-order chi connectivity index (χ0) is 24.0. The van der Waals surface area contributed by atoms with Crippen molar-refractivity contribution in [2.45, 2.75) is 31.9 Å². The summed E-state index contributed by atoms with van der Waals surface area (Å²) in [7, 11) is 1.34. The highest BCUT2D eigenvalue weighted by Gasteiger charge is 2.33. The first kappa shape index (κ1) is 28.1. The number of alkyl halides is 3. The van der Waals surface area contributed by atoms with Crippen LogP contribution in [0.2, 0.25) is 5.02 Å². The molecule has 31 heavy (non-hydrogen) atoms. The highest BCUT2D eigenvalue weighted by Crippen LogP contribution is 2.35. The number of benzene rings is 1. The van der Waals surface area contributed by atoms with E-state index < -0.39 is 28.7 Å². The highest BCUT2D eigenvalue weighted by molar-refractivity contribution is 6.31. The summed E-state index contributed by atoms with van der Waals surface area (Å²) < 4.78 is 42.3. The van der Waals surface area contributed by atoms with Crippen LogP contribution < -0.4 is 10.6 Å². The monoisotopic (exact) mass is 470 g/mol. The molecule has 0 saturated heterocycles. The number of carbonyl (C=O) groups excluding carboxylic acids is 2. The standard InChI is InChI=1S/C16H20ClF3N2O3.C2H2O4/c1-25-15(24)5-3-2-4-8-21-10-14(23)22-11-6-7-12(13(17)9-11)16(18,19)20;3-1(4)2(5)6/h6-7,9,21H,2-5,8,10H2,1H3,(H,22,23);(H,3,4)(H,5,6). The van der Waals surface area contributed by atoms with E-state index >= 15 is 0 Å². The molecular formula is C18H22ClF3N2O7. The maximum absolute atomic E-state index is 12.6. The predicted molar refractivity (Wildman–Crippen MR) is 104 cm³/mol. The molecule has 0 aromatic heterocycles. The van der Waals surface area contributed by atoms with E-state index in [1.807, 2.05) is 0 Å². The summed E-state index contributed by atoms with van der Waals surface area (Å²) in [6.45, 7) is 0.609. The molecule has 1 aromatic carbocycles. The number of carboxylic acids is 2. The number of anilines is 1. The van der Waals surface area contributed by atoms with Crippen LogP contribution >= 0.6 is 11.6 Å². The van der Waals surface area contributed by atoms with Gasteiger partial charge < -0.3 is 25.6 Å². The number of carbonyl (C=O) groups is 4. The molecular weight excluding hydrogens is 449 g/mol. The molecule has 0 saturated carbocycles. The van der Waals surface area contributed by atoms with Gasteiger partial charge in [-0.3, -0.25) is 9.59 Å². The lowest BCUT2D eigenvalue weighted by molar-refractivity contribution is -0.159. The van der Waals surface area contributed by atoms with Gasteiger partial charge in [-0.1, -0.05) is 18.0 Å². The molecule has 0 heterocycles. The number of hydrogen-bond acceptors (Lipinski definition) is 6. The summed E-state index contributed by atoms with van der Waals surface area (Å²) in [6, 6.07) is 3.04. The highest BCUT2D eigenvalue weighted by atomic mass is 35.5. The van der Waals surface area contributed by atoms with Crippen LogP contribution in [0.5, 0.6) is 0 Å². The number of esters is 1. The lowest BCUT2D eigenvalue weighted by Crippen LogP contribution is -2.28. The number of amides is 1. The van der Waals surface area contributed by atoms with Crippen molar-refractivity contribution in [2.75, 3.05) is 25.5 Å². The fourth-order valence-corrected chi connectivity index (χ4v) is 2.32.